The average Bonchev–Trinajstić information content (AvgIpc) is 2.17. The topological polar surface area (TPSA) is 99.2 Å². The fourth-order valence-corrected chi connectivity index (χ4v) is 1.05. The molecule has 0 aromatic heterocycles. The van der Waals surface area contributed by atoms with E-state index in [1.807, 2.05) is 0 Å². The predicted octanol–water partition coefficient (Wildman–Crippen LogP) is 0.0186. The molecule has 74 valence electrons. The molecule has 5 N–H and O–H groups in total. The van der Waals surface area contributed by atoms with E-state index >= 15 is 0 Å². The van der Waals surface area contributed by atoms with Gasteiger partial charge in [0, 0.05) is 5.56 Å². The molecular weight excluding hydrogens is 182 g/mol. The number of hydroxylamine groups is 1. The van der Waals surface area contributed by atoms with E-state index in [1.54, 1.807) is 29.7 Å². The van der Waals surface area contributed by atoms with Crippen LogP contribution in [0.2, 0.25) is 0 Å². The van der Waals surface area contributed by atoms with Crippen molar-refractivity contribution in [3.05, 3.63) is 35.4 Å². The van der Waals surface area contributed by atoms with Gasteiger partial charge in [0.05, 0.1) is 6.42 Å². The van der Waals surface area contributed by atoms with Crippen molar-refractivity contribution in [3.63, 3.8) is 0 Å². The summed E-state index contributed by atoms with van der Waals surface area (Å²) in [5, 5.41) is 15.7. The van der Waals surface area contributed by atoms with Gasteiger partial charge in [-0.15, -0.1) is 0 Å². The third-order valence-corrected chi connectivity index (χ3v) is 1.73. The Kier molecular flexibility index (Phi) is 3.19. The van der Waals surface area contributed by atoms with Crippen LogP contribution in [0, 0.1) is 5.41 Å². The summed E-state index contributed by atoms with van der Waals surface area (Å²) in [4.78, 5) is 10.6. The van der Waals surface area contributed by atoms with Gasteiger partial charge in [-0.2, -0.15) is 0 Å². The smallest absolute Gasteiger partial charge is 0.221 e. The van der Waals surface area contributed by atoms with E-state index in [1.165, 1.54) is 0 Å². The Hall–Kier alpha value is -1.88. The number of nitrogens with one attached hydrogen (secondary N) is 2. The maximum absolute atomic E-state index is 10.6. The largest absolute Gasteiger partial charge is 0.369 e. The van der Waals surface area contributed by atoms with E-state index in [0.29, 0.717) is 5.56 Å². The molecule has 5 heteroatoms. The first-order chi connectivity index (χ1) is 6.63. The molecule has 1 aromatic rings. The number of benzene rings is 1. The van der Waals surface area contributed by atoms with Gasteiger partial charge in [0.2, 0.25) is 5.91 Å². The second-order valence-corrected chi connectivity index (χ2v) is 2.83. The molecule has 0 radical (unpaired) electrons. The SMILES string of the molecule is N=C(NO)c1ccc(CC(N)=O)cc1. The number of amides is 1. The molecule has 0 aliphatic heterocycles. The molecular formula is C9H11N3O2. The second-order valence-electron chi connectivity index (χ2n) is 2.83. The fourth-order valence-electron chi connectivity index (χ4n) is 1.05. The third kappa shape index (κ3) is 2.56. The van der Waals surface area contributed by atoms with Gasteiger partial charge in [-0.3, -0.25) is 20.9 Å². The first kappa shape index (κ1) is 10.2. The van der Waals surface area contributed by atoms with Crippen molar-refractivity contribution < 1.29 is 10.0 Å². The molecule has 0 aliphatic rings. The predicted molar refractivity (Wildman–Crippen MR) is 51.1 cm³/mol. The average molecular weight is 193 g/mol. The van der Waals surface area contributed by atoms with Gasteiger partial charge < -0.3 is 5.73 Å². The molecule has 5 nitrogen and oxygen atoms in total. The van der Waals surface area contributed by atoms with Crippen LogP contribution in [0.3, 0.4) is 0 Å². The number of hydrogen-bond donors (Lipinski definition) is 4. The minimum absolute atomic E-state index is 0.0874. The number of amidine groups is 1. The molecule has 14 heavy (non-hydrogen) atoms. The van der Waals surface area contributed by atoms with Crippen molar-refractivity contribution in [1.82, 2.24) is 5.48 Å². The lowest BCUT2D eigenvalue weighted by atomic mass is 10.1. The Morgan fingerprint density at radius 2 is 2.00 bits per heavy atom. The van der Waals surface area contributed by atoms with Crippen molar-refractivity contribution in [2.45, 2.75) is 6.42 Å². The molecule has 0 unspecified atom stereocenters. The number of carbonyl (C=O) groups is 1. The van der Waals surface area contributed by atoms with Crippen LogP contribution >= 0.6 is 0 Å². The summed E-state index contributed by atoms with van der Waals surface area (Å²) in [6.45, 7) is 0. The number of primary amides is 1. The van der Waals surface area contributed by atoms with Gasteiger partial charge in [0.15, 0.2) is 0 Å². The van der Waals surface area contributed by atoms with Gasteiger partial charge in [-0.05, 0) is 5.56 Å². The summed E-state index contributed by atoms with van der Waals surface area (Å²) in [6.07, 6.45) is 0.181. The molecule has 0 bridgehead atoms. The quantitative estimate of drug-likeness (QED) is 0.309. The summed E-state index contributed by atoms with van der Waals surface area (Å²) in [6, 6.07) is 6.63. The van der Waals surface area contributed by atoms with E-state index in [9.17, 15) is 4.79 Å². The lowest BCUT2D eigenvalue weighted by Gasteiger charge is -2.02. The zero-order valence-corrected chi connectivity index (χ0v) is 7.45. The highest BCUT2D eigenvalue weighted by Crippen LogP contribution is 2.04. The Balaban J connectivity index is 2.78. The standard InChI is InChI=1S/C9H11N3O2/c10-8(13)5-6-1-3-7(4-2-6)9(11)12-14/h1-4,14H,5H2,(H2,10,13)(H2,11,12). The third-order valence-electron chi connectivity index (χ3n) is 1.73. The summed E-state index contributed by atoms with van der Waals surface area (Å²) in [5.41, 5.74) is 8.07. The van der Waals surface area contributed by atoms with Crippen LogP contribution < -0.4 is 11.2 Å². The van der Waals surface area contributed by atoms with Crippen LogP contribution in [0.25, 0.3) is 0 Å². The van der Waals surface area contributed by atoms with Crippen molar-refractivity contribution >= 4 is 11.7 Å². The van der Waals surface area contributed by atoms with E-state index in [0.717, 1.165) is 5.56 Å². The highest BCUT2D eigenvalue weighted by atomic mass is 16.5. The normalized spacial score (nSPS) is 9.50. The van der Waals surface area contributed by atoms with Crippen LogP contribution in [0.1, 0.15) is 11.1 Å². The van der Waals surface area contributed by atoms with Crippen molar-refractivity contribution in [1.29, 1.82) is 5.41 Å². The van der Waals surface area contributed by atoms with Crippen molar-refractivity contribution in [2.75, 3.05) is 0 Å². The maximum atomic E-state index is 10.6. The zero-order chi connectivity index (χ0) is 10.6. The Morgan fingerprint density at radius 3 is 2.43 bits per heavy atom. The molecule has 0 heterocycles. The molecule has 1 amide bonds. The summed E-state index contributed by atoms with van der Waals surface area (Å²) >= 11 is 0. The van der Waals surface area contributed by atoms with Gasteiger partial charge in [-0.1, -0.05) is 24.3 Å². The van der Waals surface area contributed by atoms with Crippen LogP contribution in [0.15, 0.2) is 24.3 Å². The molecule has 1 aromatic carbocycles. The number of carbonyl (C=O) groups excluding carboxylic acids is 1. The first-order valence-electron chi connectivity index (χ1n) is 3.99. The van der Waals surface area contributed by atoms with Crippen LogP contribution in [-0.2, 0) is 11.2 Å². The van der Waals surface area contributed by atoms with Crippen molar-refractivity contribution in [2.24, 2.45) is 5.73 Å². The highest BCUT2D eigenvalue weighted by Gasteiger charge is 2.01. The Morgan fingerprint density at radius 1 is 1.43 bits per heavy atom. The molecule has 0 spiro atoms. The van der Waals surface area contributed by atoms with Gasteiger partial charge in [0.1, 0.15) is 5.84 Å². The maximum Gasteiger partial charge on any atom is 0.221 e. The monoisotopic (exact) mass is 193 g/mol. The Bertz CT molecular complexity index is 346. The molecule has 0 saturated heterocycles. The first-order valence-corrected chi connectivity index (χ1v) is 3.99. The van der Waals surface area contributed by atoms with E-state index in [-0.39, 0.29) is 12.3 Å². The molecule has 0 aliphatic carbocycles. The van der Waals surface area contributed by atoms with E-state index in [2.05, 4.69) is 0 Å². The molecule has 0 saturated carbocycles. The number of hydrogen-bond acceptors (Lipinski definition) is 3. The minimum Gasteiger partial charge on any atom is -0.369 e. The lowest BCUT2D eigenvalue weighted by molar-refractivity contribution is -0.117. The van der Waals surface area contributed by atoms with Crippen LogP contribution in [0.5, 0.6) is 0 Å². The highest BCUT2D eigenvalue weighted by molar-refractivity contribution is 5.95. The minimum atomic E-state index is -0.395. The number of rotatable bonds is 3. The second kappa shape index (κ2) is 4.38. The van der Waals surface area contributed by atoms with Gasteiger partial charge in [-0.25, -0.2) is 0 Å². The van der Waals surface area contributed by atoms with E-state index in [4.69, 9.17) is 16.4 Å². The Labute approximate surface area is 81.0 Å². The summed E-state index contributed by atoms with van der Waals surface area (Å²) in [7, 11) is 0. The summed E-state index contributed by atoms with van der Waals surface area (Å²) in [5.74, 6) is -0.483. The molecule has 0 fully saturated rings. The lowest BCUT2D eigenvalue weighted by Crippen LogP contribution is -2.18. The zero-order valence-electron chi connectivity index (χ0n) is 7.45. The van der Waals surface area contributed by atoms with Crippen LogP contribution in [0.4, 0.5) is 0 Å². The van der Waals surface area contributed by atoms with Crippen molar-refractivity contribution in [3.8, 4) is 0 Å². The van der Waals surface area contributed by atoms with Gasteiger partial charge in [0.25, 0.3) is 0 Å². The molecule has 0 atom stereocenters. The molecule has 1 rings (SSSR count). The fraction of sp³-hybridized carbons (Fsp3) is 0.111. The van der Waals surface area contributed by atoms with Gasteiger partial charge >= 0.3 is 0 Å². The summed E-state index contributed by atoms with van der Waals surface area (Å²) < 4.78 is 0. The number of nitrogens with two attached hydrogens (primary N) is 1. The van der Waals surface area contributed by atoms with Crippen LogP contribution in [-0.4, -0.2) is 17.0 Å². The van der Waals surface area contributed by atoms with E-state index < -0.39 is 5.91 Å².